The second-order valence-corrected chi connectivity index (χ2v) is 6.07. The summed E-state index contributed by atoms with van der Waals surface area (Å²) in [6.07, 6.45) is 1.48. The molecule has 2 aromatic carbocycles. The van der Waals surface area contributed by atoms with Crippen LogP contribution in [0.1, 0.15) is 27.8 Å². The lowest BCUT2D eigenvalue weighted by Crippen LogP contribution is -2.17. The number of hydrogen-bond acceptors (Lipinski definition) is 4. The van der Waals surface area contributed by atoms with Gasteiger partial charge in [0.25, 0.3) is 11.8 Å². The van der Waals surface area contributed by atoms with E-state index >= 15 is 0 Å². The van der Waals surface area contributed by atoms with Gasteiger partial charge in [-0.3, -0.25) is 19.4 Å². The van der Waals surface area contributed by atoms with Crippen LogP contribution in [0.5, 0.6) is 0 Å². The summed E-state index contributed by atoms with van der Waals surface area (Å²) in [6, 6.07) is 14.7. The molecular formula is C21H17FN4O3. The predicted molar refractivity (Wildman–Crippen MR) is 107 cm³/mol. The van der Waals surface area contributed by atoms with Crippen LogP contribution in [0.3, 0.4) is 0 Å². The number of halogens is 1. The summed E-state index contributed by atoms with van der Waals surface area (Å²) in [5, 5.41) is 7.80. The minimum Gasteiger partial charge on any atom is -0.326 e. The van der Waals surface area contributed by atoms with E-state index in [1.807, 2.05) is 0 Å². The highest BCUT2D eigenvalue weighted by atomic mass is 19.1. The first-order valence-corrected chi connectivity index (χ1v) is 8.63. The lowest BCUT2D eigenvalue weighted by molar-refractivity contribution is -0.114. The molecule has 146 valence electrons. The van der Waals surface area contributed by atoms with Crippen LogP contribution in [0.15, 0.2) is 66.9 Å². The molecule has 1 aromatic heterocycles. The minimum atomic E-state index is -0.572. The van der Waals surface area contributed by atoms with E-state index in [9.17, 15) is 18.8 Å². The van der Waals surface area contributed by atoms with E-state index in [1.54, 1.807) is 24.3 Å². The number of nitrogens with one attached hydrogen (secondary N) is 3. The summed E-state index contributed by atoms with van der Waals surface area (Å²) in [4.78, 5) is 39.9. The topological polar surface area (TPSA) is 100 Å². The molecule has 3 rings (SSSR count). The van der Waals surface area contributed by atoms with E-state index in [-0.39, 0.29) is 23.0 Å². The number of amides is 3. The van der Waals surface area contributed by atoms with Gasteiger partial charge in [-0.2, -0.15) is 0 Å². The van der Waals surface area contributed by atoms with Crippen LogP contribution in [0.25, 0.3) is 0 Å². The van der Waals surface area contributed by atoms with Crippen molar-refractivity contribution in [3.63, 3.8) is 0 Å². The number of anilines is 3. The van der Waals surface area contributed by atoms with E-state index in [2.05, 4.69) is 20.9 Å². The summed E-state index contributed by atoms with van der Waals surface area (Å²) in [7, 11) is 0. The largest absolute Gasteiger partial charge is 0.326 e. The summed E-state index contributed by atoms with van der Waals surface area (Å²) in [5.74, 6) is -1.79. The number of pyridine rings is 1. The molecule has 0 fully saturated rings. The highest BCUT2D eigenvalue weighted by Crippen LogP contribution is 2.24. The van der Waals surface area contributed by atoms with Gasteiger partial charge >= 0.3 is 0 Å². The first-order chi connectivity index (χ1) is 13.9. The monoisotopic (exact) mass is 392 g/mol. The molecule has 8 heteroatoms. The zero-order valence-electron chi connectivity index (χ0n) is 15.4. The molecule has 0 radical (unpaired) electrons. The first kappa shape index (κ1) is 19.7. The van der Waals surface area contributed by atoms with E-state index in [4.69, 9.17) is 0 Å². The maximum atomic E-state index is 13.7. The van der Waals surface area contributed by atoms with Gasteiger partial charge in [0.1, 0.15) is 11.5 Å². The summed E-state index contributed by atoms with van der Waals surface area (Å²) >= 11 is 0. The van der Waals surface area contributed by atoms with Gasteiger partial charge in [0.2, 0.25) is 5.91 Å². The smallest absolute Gasteiger partial charge is 0.274 e. The van der Waals surface area contributed by atoms with Crippen LogP contribution >= 0.6 is 0 Å². The molecule has 1 heterocycles. The van der Waals surface area contributed by atoms with Crippen LogP contribution in [-0.2, 0) is 4.79 Å². The Morgan fingerprint density at radius 2 is 1.55 bits per heavy atom. The molecule has 3 aromatic rings. The van der Waals surface area contributed by atoms with E-state index < -0.39 is 17.6 Å². The van der Waals surface area contributed by atoms with Crippen molar-refractivity contribution in [2.45, 2.75) is 6.92 Å². The molecule has 7 nitrogen and oxygen atoms in total. The van der Waals surface area contributed by atoms with Gasteiger partial charge in [0.05, 0.1) is 11.4 Å². The van der Waals surface area contributed by atoms with E-state index in [0.29, 0.717) is 11.3 Å². The molecule has 0 aliphatic rings. The number of carbonyl (C=O) groups excluding carboxylic acids is 3. The maximum Gasteiger partial charge on any atom is 0.274 e. The Morgan fingerprint density at radius 1 is 0.828 bits per heavy atom. The Bertz CT molecular complexity index is 1050. The fourth-order valence-corrected chi connectivity index (χ4v) is 2.51. The van der Waals surface area contributed by atoms with Crippen LogP contribution in [0.2, 0.25) is 0 Å². The van der Waals surface area contributed by atoms with Crippen molar-refractivity contribution >= 4 is 34.8 Å². The van der Waals surface area contributed by atoms with Crippen LogP contribution < -0.4 is 16.0 Å². The summed E-state index contributed by atoms with van der Waals surface area (Å²) < 4.78 is 13.7. The zero-order valence-corrected chi connectivity index (χ0v) is 15.4. The molecule has 3 amide bonds. The Labute approximate surface area is 166 Å². The molecule has 0 aliphatic carbocycles. The maximum absolute atomic E-state index is 13.7. The Kier molecular flexibility index (Phi) is 5.94. The molecule has 0 saturated heterocycles. The molecule has 0 aliphatic heterocycles. The molecular weight excluding hydrogens is 375 g/mol. The first-order valence-electron chi connectivity index (χ1n) is 8.63. The second kappa shape index (κ2) is 8.75. The number of benzene rings is 2. The molecule has 0 unspecified atom stereocenters. The van der Waals surface area contributed by atoms with Gasteiger partial charge in [-0.05, 0) is 54.6 Å². The fourth-order valence-electron chi connectivity index (χ4n) is 2.51. The third kappa shape index (κ3) is 5.23. The second-order valence-electron chi connectivity index (χ2n) is 6.07. The Hall–Kier alpha value is -4.07. The molecule has 0 atom stereocenters. The van der Waals surface area contributed by atoms with Crippen molar-refractivity contribution in [1.82, 2.24) is 4.98 Å². The lowest BCUT2D eigenvalue weighted by atomic mass is 10.1. The molecule has 0 saturated carbocycles. The van der Waals surface area contributed by atoms with Crippen LogP contribution in [0.4, 0.5) is 21.5 Å². The van der Waals surface area contributed by atoms with Crippen molar-refractivity contribution in [1.29, 1.82) is 0 Å². The molecule has 3 N–H and O–H groups in total. The van der Waals surface area contributed by atoms with Gasteiger partial charge in [0.15, 0.2) is 0 Å². The van der Waals surface area contributed by atoms with Gasteiger partial charge < -0.3 is 16.0 Å². The van der Waals surface area contributed by atoms with Gasteiger partial charge in [-0.25, -0.2) is 4.39 Å². The number of hydrogen-bond donors (Lipinski definition) is 3. The van der Waals surface area contributed by atoms with Crippen molar-refractivity contribution in [2.75, 3.05) is 16.0 Å². The normalized spacial score (nSPS) is 10.1. The highest BCUT2D eigenvalue weighted by molar-refractivity contribution is 6.09. The Morgan fingerprint density at radius 3 is 2.21 bits per heavy atom. The standard InChI is InChI=1S/C21H17FN4O3/c1-13(27)24-16-8-5-14(6-9-16)20(28)26-19-12-15(22)7-10-17(19)25-21(29)18-4-2-3-11-23-18/h2-12H,1H3,(H,24,27)(H,25,29)(H,26,28). The molecule has 0 spiro atoms. The average Bonchev–Trinajstić information content (AvgIpc) is 2.70. The van der Waals surface area contributed by atoms with Crippen molar-refractivity contribution in [2.24, 2.45) is 0 Å². The van der Waals surface area contributed by atoms with Crippen molar-refractivity contribution < 1.29 is 18.8 Å². The molecule has 0 bridgehead atoms. The summed E-state index contributed by atoms with van der Waals surface area (Å²) in [5.41, 5.74) is 1.35. The van der Waals surface area contributed by atoms with Gasteiger partial charge in [-0.1, -0.05) is 6.07 Å². The SMILES string of the molecule is CC(=O)Nc1ccc(C(=O)Nc2cc(F)ccc2NC(=O)c2ccccn2)cc1. The average molecular weight is 392 g/mol. The van der Waals surface area contributed by atoms with E-state index in [0.717, 1.165) is 6.07 Å². The number of rotatable bonds is 5. The molecule has 29 heavy (non-hydrogen) atoms. The number of nitrogens with zero attached hydrogens (tertiary/aromatic N) is 1. The van der Waals surface area contributed by atoms with Gasteiger partial charge in [-0.15, -0.1) is 0 Å². The van der Waals surface area contributed by atoms with Crippen molar-refractivity contribution in [3.05, 3.63) is 83.9 Å². The Balaban J connectivity index is 1.78. The number of carbonyl (C=O) groups is 3. The van der Waals surface area contributed by atoms with Crippen LogP contribution in [0, 0.1) is 5.82 Å². The quantitative estimate of drug-likeness (QED) is 0.617. The summed E-state index contributed by atoms with van der Waals surface area (Å²) in [6.45, 7) is 1.38. The third-order valence-electron chi connectivity index (χ3n) is 3.84. The van der Waals surface area contributed by atoms with Crippen molar-refractivity contribution in [3.8, 4) is 0 Å². The zero-order chi connectivity index (χ0) is 20.8. The lowest BCUT2D eigenvalue weighted by Gasteiger charge is -2.13. The van der Waals surface area contributed by atoms with E-state index in [1.165, 1.54) is 43.5 Å². The number of aromatic nitrogens is 1. The van der Waals surface area contributed by atoms with Crippen LogP contribution in [-0.4, -0.2) is 22.7 Å². The minimum absolute atomic E-state index is 0.102. The fraction of sp³-hybridized carbons (Fsp3) is 0.0476. The predicted octanol–water partition coefficient (Wildman–Crippen LogP) is 3.68. The highest BCUT2D eigenvalue weighted by Gasteiger charge is 2.14. The third-order valence-corrected chi connectivity index (χ3v) is 3.84. The van der Waals surface area contributed by atoms with Gasteiger partial charge in [0, 0.05) is 24.4 Å².